The molecule has 180 valence electrons. The second-order valence-corrected chi connectivity index (χ2v) is 11.5. The smallest absolute Gasteiger partial charge is 0.243 e. The van der Waals surface area contributed by atoms with E-state index in [2.05, 4.69) is 16.3 Å². The van der Waals surface area contributed by atoms with Gasteiger partial charge in [-0.1, -0.05) is 0 Å². The van der Waals surface area contributed by atoms with Crippen molar-refractivity contribution in [1.82, 2.24) is 18.9 Å². The minimum absolute atomic E-state index is 0.0729. The number of hydrogen-bond acceptors (Lipinski definition) is 7. The Morgan fingerprint density at radius 1 is 1.00 bits per heavy atom. The lowest BCUT2D eigenvalue weighted by atomic mass is 10.2. The van der Waals surface area contributed by atoms with Crippen LogP contribution in [0.5, 0.6) is 0 Å². The molecule has 2 N–H and O–H groups in total. The lowest BCUT2D eigenvalue weighted by molar-refractivity contribution is 0.266. The number of aliphatic hydroxyl groups is 1. The Balaban J connectivity index is 1.33. The molecule has 0 bridgehead atoms. The molecule has 0 unspecified atom stereocenters. The van der Waals surface area contributed by atoms with Crippen LogP contribution in [-0.4, -0.2) is 64.7 Å². The van der Waals surface area contributed by atoms with E-state index >= 15 is 0 Å². The van der Waals surface area contributed by atoms with Crippen LogP contribution in [0, 0.1) is 0 Å². The fourth-order valence-electron chi connectivity index (χ4n) is 5.06. The first-order chi connectivity index (χ1) is 16.5. The Hall–Kier alpha value is -2.69. The molecule has 4 heterocycles. The number of anilines is 3. The SMILES string of the molecule is O=S(=O)(c1ccc(Nc2cc(N3CCC[C@H]3CO)nc3cc(C4CC4)nn23)cc1)N1CCCC1. The molecule has 1 atom stereocenters. The van der Waals surface area contributed by atoms with Crippen LogP contribution in [0.2, 0.25) is 0 Å². The van der Waals surface area contributed by atoms with Crippen LogP contribution < -0.4 is 10.2 Å². The number of aliphatic hydroxyl groups excluding tert-OH is 1. The highest BCUT2D eigenvalue weighted by Gasteiger charge is 2.30. The van der Waals surface area contributed by atoms with Crippen molar-refractivity contribution in [2.24, 2.45) is 0 Å². The summed E-state index contributed by atoms with van der Waals surface area (Å²) in [5.74, 6) is 2.10. The molecule has 0 spiro atoms. The highest BCUT2D eigenvalue weighted by Crippen LogP contribution is 2.40. The summed E-state index contributed by atoms with van der Waals surface area (Å²) in [5, 5.41) is 18.1. The van der Waals surface area contributed by atoms with Crippen molar-refractivity contribution < 1.29 is 13.5 Å². The predicted octanol–water partition coefficient (Wildman–Crippen LogP) is 3.10. The largest absolute Gasteiger partial charge is 0.394 e. The molecular weight excluding hydrogens is 452 g/mol. The van der Waals surface area contributed by atoms with Crippen molar-refractivity contribution in [3.8, 4) is 0 Å². The molecule has 0 amide bonds. The summed E-state index contributed by atoms with van der Waals surface area (Å²) in [6.07, 6.45) is 6.13. The zero-order valence-corrected chi connectivity index (χ0v) is 19.9. The second-order valence-electron chi connectivity index (χ2n) is 9.55. The van der Waals surface area contributed by atoms with Gasteiger partial charge >= 0.3 is 0 Å². The van der Waals surface area contributed by atoms with Gasteiger partial charge in [-0.25, -0.2) is 13.4 Å². The fourth-order valence-corrected chi connectivity index (χ4v) is 6.57. The zero-order chi connectivity index (χ0) is 23.3. The van der Waals surface area contributed by atoms with Gasteiger partial charge in [-0.3, -0.25) is 0 Å². The fraction of sp³-hybridized carbons (Fsp3) is 0.500. The number of aromatic nitrogens is 3. The lowest BCUT2D eigenvalue weighted by Crippen LogP contribution is -2.32. The molecule has 3 aromatic rings. The highest BCUT2D eigenvalue weighted by atomic mass is 32.2. The van der Waals surface area contributed by atoms with Crippen molar-refractivity contribution in [2.75, 3.05) is 36.5 Å². The molecule has 2 aliphatic heterocycles. The summed E-state index contributed by atoms with van der Waals surface area (Å²) in [6, 6.07) is 11.0. The molecule has 2 aromatic heterocycles. The van der Waals surface area contributed by atoms with E-state index in [1.807, 2.05) is 10.6 Å². The van der Waals surface area contributed by atoms with E-state index in [1.54, 1.807) is 28.6 Å². The maximum Gasteiger partial charge on any atom is 0.243 e. The van der Waals surface area contributed by atoms with Crippen LogP contribution in [-0.2, 0) is 10.0 Å². The lowest BCUT2D eigenvalue weighted by Gasteiger charge is -2.25. The van der Waals surface area contributed by atoms with Gasteiger partial charge in [-0.2, -0.15) is 13.9 Å². The molecule has 1 aromatic carbocycles. The Bertz CT molecular complexity index is 1300. The Morgan fingerprint density at radius 3 is 2.47 bits per heavy atom. The summed E-state index contributed by atoms with van der Waals surface area (Å²) < 4.78 is 29.1. The summed E-state index contributed by atoms with van der Waals surface area (Å²) in [7, 11) is -3.44. The number of nitrogens with one attached hydrogen (secondary N) is 1. The first kappa shape index (κ1) is 21.8. The number of fused-ring (bicyclic) bond motifs is 1. The summed E-state index contributed by atoms with van der Waals surface area (Å²) in [4.78, 5) is 7.35. The van der Waals surface area contributed by atoms with Gasteiger partial charge in [0.1, 0.15) is 11.6 Å². The standard InChI is InChI=1S/C24H30N6O3S/c31-16-19-4-3-13-29(19)22-15-24(30-23(26-22)14-21(27-30)17-5-6-17)25-18-7-9-20(10-8-18)34(32,33)28-11-1-2-12-28/h7-10,14-15,17,19,25,31H,1-6,11-13,16H2/t19-/m0/s1. The Kier molecular flexibility index (Phi) is 5.46. The molecule has 2 saturated heterocycles. The molecule has 0 radical (unpaired) electrons. The van der Waals surface area contributed by atoms with E-state index in [1.165, 1.54) is 0 Å². The summed E-state index contributed by atoms with van der Waals surface area (Å²) in [6.45, 7) is 2.15. The molecule has 9 nitrogen and oxygen atoms in total. The van der Waals surface area contributed by atoms with Crippen LogP contribution in [0.15, 0.2) is 41.3 Å². The van der Waals surface area contributed by atoms with E-state index in [4.69, 9.17) is 10.1 Å². The van der Waals surface area contributed by atoms with Crippen molar-refractivity contribution in [2.45, 2.75) is 55.4 Å². The number of hydrogen-bond donors (Lipinski definition) is 2. The average Bonchev–Trinajstić information content (AvgIpc) is 3.24. The van der Waals surface area contributed by atoms with Crippen molar-refractivity contribution in [3.63, 3.8) is 0 Å². The summed E-state index contributed by atoms with van der Waals surface area (Å²) in [5.41, 5.74) is 2.61. The Morgan fingerprint density at radius 2 is 1.76 bits per heavy atom. The monoisotopic (exact) mass is 482 g/mol. The van der Waals surface area contributed by atoms with E-state index < -0.39 is 10.0 Å². The minimum Gasteiger partial charge on any atom is -0.394 e. The molecule has 3 aliphatic rings. The van der Waals surface area contributed by atoms with Gasteiger partial charge in [0.15, 0.2) is 5.65 Å². The first-order valence-corrected chi connectivity index (χ1v) is 13.6. The van der Waals surface area contributed by atoms with Gasteiger partial charge in [-0.05, 0) is 62.8 Å². The maximum absolute atomic E-state index is 12.9. The molecule has 6 rings (SSSR count). The van der Waals surface area contributed by atoms with E-state index in [-0.39, 0.29) is 12.6 Å². The van der Waals surface area contributed by atoms with Gasteiger partial charge in [0.05, 0.1) is 23.2 Å². The number of nitrogens with zero attached hydrogens (tertiary/aromatic N) is 5. The van der Waals surface area contributed by atoms with Crippen molar-refractivity contribution in [3.05, 3.63) is 42.1 Å². The number of benzene rings is 1. The topological polar surface area (TPSA) is 103 Å². The average molecular weight is 483 g/mol. The molecule has 3 fully saturated rings. The molecule has 1 aliphatic carbocycles. The van der Waals surface area contributed by atoms with Crippen LogP contribution >= 0.6 is 0 Å². The van der Waals surface area contributed by atoms with E-state index in [0.717, 1.165) is 73.7 Å². The van der Waals surface area contributed by atoms with E-state index in [9.17, 15) is 13.5 Å². The predicted molar refractivity (Wildman–Crippen MR) is 130 cm³/mol. The van der Waals surface area contributed by atoms with Gasteiger partial charge in [0, 0.05) is 43.4 Å². The quantitative estimate of drug-likeness (QED) is 0.533. The van der Waals surface area contributed by atoms with Gasteiger partial charge < -0.3 is 15.3 Å². The van der Waals surface area contributed by atoms with Crippen LogP contribution in [0.25, 0.3) is 5.65 Å². The Labute approximate surface area is 199 Å². The van der Waals surface area contributed by atoms with Gasteiger partial charge in [0.25, 0.3) is 0 Å². The van der Waals surface area contributed by atoms with Crippen molar-refractivity contribution >= 4 is 33.0 Å². The first-order valence-electron chi connectivity index (χ1n) is 12.2. The van der Waals surface area contributed by atoms with Gasteiger partial charge in [-0.15, -0.1) is 0 Å². The normalized spacial score (nSPS) is 21.6. The third kappa shape index (κ3) is 3.93. The zero-order valence-electron chi connectivity index (χ0n) is 19.1. The van der Waals surface area contributed by atoms with Crippen LogP contribution in [0.4, 0.5) is 17.3 Å². The molecule has 34 heavy (non-hydrogen) atoms. The van der Waals surface area contributed by atoms with Gasteiger partial charge in [0.2, 0.25) is 10.0 Å². The van der Waals surface area contributed by atoms with Crippen LogP contribution in [0.3, 0.4) is 0 Å². The highest BCUT2D eigenvalue weighted by molar-refractivity contribution is 7.89. The second kappa shape index (κ2) is 8.51. The summed E-state index contributed by atoms with van der Waals surface area (Å²) >= 11 is 0. The number of rotatable bonds is 7. The third-order valence-electron chi connectivity index (χ3n) is 7.14. The van der Waals surface area contributed by atoms with E-state index in [0.29, 0.717) is 23.9 Å². The maximum atomic E-state index is 12.9. The molecule has 1 saturated carbocycles. The minimum atomic E-state index is -3.44. The van der Waals surface area contributed by atoms with Crippen LogP contribution in [0.1, 0.15) is 50.1 Å². The molecular formula is C24H30N6O3S. The molecule has 10 heteroatoms. The third-order valence-corrected chi connectivity index (χ3v) is 9.05. The van der Waals surface area contributed by atoms with Crippen molar-refractivity contribution in [1.29, 1.82) is 0 Å². The number of sulfonamides is 1.